The number of aliphatic hydroxyl groups excluding tert-OH is 1. The summed E-state index contributed by atoms with van der Waals surface area (Å²) in [6.45, 7) is 0.328. The van der Waals surface area contributed by atoms with Crippen molar-refractivity contribution in [2.24, 2.45) is 23.7 Å². The van der Waals surface area contributed by atoms with E-state index in [1.807, 2.05) is 0 Å². The first-order valence-electron chi connectivity index (χ1n) is 8.70. The molecule has 0 saturated heterocycles. The van der Waals surface area contributed by atoms with Crippen molar-refractivity contribution in [1.29, 1.82) is 0 Å². The lowest BCUT2D eigenvalue weighted by Gasteiger charge is -2.30. The molecular formula is C18H30O3. The summed E-state index contributed by atoms with van der Waals surface area (Å²) >= 11 is 0. The topological polar surface area (TPSA) is 57.5 Å². The van der Waals surface area contributed by atoms with E-state index >= 15 is 0 Å². The SMILES string of the molecule is O=C(O)CCCC=CC[C@H]1[C@H]2CC[C@H](C2)[C@H]1CCCCO. The normalized spacial score (nSPS) is 31.3. The van der Waals surface area contributed by atoms with Gasteiger partial charge in [0, 0.05) is 13.0 Å². The molecule has 0 unspecified atom stereocenters. The molecule has 0 aromatic carbocycles. The molecule has 2 N–H and O–H groups in total. The van der Waals surface area contributed by atoms with Gasteiger partial charge in [0.2, 0.25) is 0 Å². The van der Waals surface area contributed by atoms with E-state index < -0.39 is 5.97 Å². The summed E-state index contributed by atoms with van der Waals surface area (Å²) in [5.74, 6) is 2.90. The van der Waals surface area contributed by atoms with Crippen LogP contribution in [-0.2, 0) is 4.79 Å². The second-order valence-corrected chi connectivity index (χ2v) is 6.87. The molecule has 0 radical (unpaired) electrons. The third-order valence-corrected chi connectivity index (χ3v) is 5.56. The maximum absolute atomic E-state index is 10.5. The monoisotopic (exact) mass is 294 g/mol. The van der Waals surface area contributed by atoms with Crippen LogP contribution in [0.15, 0.2) is 12.2 Å². The van der Waals surface area contributed by atoms with E-state index in [1.165, 1.54) is 38.5 Å². The first-order chi connectivity index (χ1) is 10.2. The highest BCUT2D eigenvalue weighted by Gasteiger charge is 2.45. The van der Waals surface area contributed by atoms with Gasteiger partial charge in [-0.25, -0.2) is 0 Å². The number of aliphatic hydroxyl groups is 1. The molecule has 0 aliphatic heterocycles. The van der Waals surface area contributed by atoms with E-state index in [1.54, 1.807) is 0 Å². The molecule has 2 rings (SSSR count). The van der Waals surface area contributed by atoms with Crippen LogP contribution in [0.3, 0.4) is 0 Å². The van der Waals surface area contributed by atoms with Gasteiger partial charge in [0.05, 0.1) is 0 Å². The third-order valence-electron chi connectivity index (χ3n) is 5.56. The van der Waals surface area contributed by atoms with Crippen molar-refractivity contribution in [3.05, 3.63) is 12.2 Å². The molecule has 120 valence electrons. The molecule has 2 saturated carbocycles. The fourth-order valence-corrected chi connectivity index (χ4v) is 4.58. The quantitative estimate of drug-likeness (QED) is 0.473. The lowest BCUT2D eigenvalue weighted by atomic mass is 9.75. The van der Waals surface area contributed by atoms with Crippen LogP contribution in [-0.4, -0.2) is 22.8 Å². The number of hydrogen-bond donors (Lipinski definition) is 2. The Morgan fingerprint density at radius 1 is 1.05 bits per heavy atom. The Morgan fingerprint density at radius 2 is 1.81 bits per heavy atom. The van der Waals surface area contributed by atoms with Gasteiger partial charge in [-0.2, -0.15) is 0 Å². The molecule has 0 spiro atoms. The van der Waals surface area contributed by atoms with Crippen molar-refractivity contribution < 1.29 is 15.0 Å². The number of carbonyl (C=O) groups is 1. The first kappa shape index (κ1) is 16.5. The van der Waals surface area contributed by atoms with Crippen molar-refractivity contribution in [3.63, 3.8) is 0 Å². The molecule has 2 aliphatic carbocycles. The number of fused-ring (bicyclic) bond motifs is 2. The van der Waals surface area contributed by atoms with Gasteiger partial charge in [0.15, 0.2) is 0 Å². The van der Waals surface area contributed by atoms with Crippen LogP contribution >= 0.6 is 0 Å². The first-order valence-corrected chi connectivity index (χ1v) is 8.70. The van der Waals surface area contributed by atoms with Gasteiger partial charge in [0.25, 0.3) is 0 Å². The second kappa shape index (κ2) is 8.57. The van der Waals surface area contributed by atoms with E-state index in [0.29, 0.717) is 6.61 Å². The molecule has 2 bridgehead atoms. The van der Waals surface area contributed by atoms with E-state index in [2.05, 4.69) is 12.2 Å². The summed E-state index contributed by atoms with van der Waals surface area (Å²) in [4.78, 5) is 10.5. The van der Waals surface area contributed by atoms with Crippen molar-refractivity contribution >= 4 is 5.97 Å². The van der Waals surface area contributed by atoms with E-state index in [4.69, 9.17) is 10.2 Å². The standard InChI is InChI=1S/C18H30O3/c19-12-6-5-8-17-15-11-10-14(13-15)16(17)7-3-1-2-4-9-18(20)21/h1,3,14-17,19H,2,4-13H2,(H,20,21)/t14-,15+,16-,17+/m0/s1. The minimum Gasteiger partial charge on any atom is -0.481 e. The van der Waals surface area contributed by atoms with Gasteiger partial charge < -0.3 is 10.2 Å². The molecule has 2 aliphatic rings. The lowest BCUT2D eigenvalue weighted by Crippen LogP contribution is -2.22. The van der Waals surface area contributed by atoms with Gasteiger partial charge >= 0.3 is 5.97 Å². The Labute approximate surface area is 128 Å². The second-order valence-electron chi connectivity index (χ2n) is 6.87. The summed E-state index contributed by atoms with van der Waals surface area (Å²) in [5.41, 5.74) is 0. The van der Waals surface area contributed by atoms with Crippen molar-refractivity contribution in [2.75, 3.05) is 6.61 Å². The average Bonchev–Trinajstić information content (AvgIpc) is 3.04. The molecule has 0 aromatic heterocycles. The molecule has 3 nitrogen and oxygen atoms in total. The summed E-state index contributed by atoms with van der Waals surface area (Å²) in [6, 6.07) is 0. The molecule has 3 heteroatoms. The number of allylic oxidation sites excluding steroid dienone is 2. The predicted octanol–water partition coefficient (Wildman–Crippen LogP) is 4.01. The van der Waals surface area contributed by atoms with E-state index in [-0.39, 0.29) is 6.42 Å². The summed E-state index contributed by atoms with van der Waals surface area (Å²) in [6.07, 6.45) is 15.3. The number of hydrogen-bond acceptors (Lipinski definition) is 2. The molecule has 0 amide bonds. The van der Waals surface area contributed by atoms with Crippen LogP contribution in [0.5, 0.6) is 0 Å². The number of aliphatic carboxylic acids is 1. The van der Waals surface area contributed by atoms with Gasteiger partial charge in [-0.3, -0.25) is 4.79 Å². The number of rotatable bonds is 10. The van der Waals surface area contributed by atoms with Crippen molar-refractivity contribution in [2.45, 2.75) is 64.2 Å². The Hall–Kier alpha value is -0.830. The van der Waals surface area contributed by atoms with Crippen molar-refractivity contribution in [1.82, 2.24) is 0 Å². The highest BCUT2D eigenvalue weighted by Crippen LogP contribution is 2.55. The highest BCUT2D eigenvalue weighted by molar-refractivity contribution is 5.66. The average molecular weight is 294 g/mol. The van der Waals surface area contributed by atoms with Gasteiger partial charge in [-0.15, -0.1) is 0 Å². The molecule has 21 heavy (non-hydrogen) atoms. The lowest BCUT2D eigenvalue weighted by molar-refractivity contribution is -0.137. The van der Waals surface area contributed by atoms with Gasteiger partial charge in [0.1, 0.15) is 0 Å². The maximum atomic E-state index is 10.5. The molecule has 2 fully saturated rings. The fraction of sp³-hybridized carbons (Fsp3) is 0.833. The minimum atomic E-state index is -0.694. The van der Waals surface area contributed by atoms with Crippen LogP contribution in [0.1, 0.15) is 64.2 Å². The minimum absolute atomic E-state index is 0.280. The Balaban J connectivity index is 1.72. The third kappa shape index (κ3) is 4.84. The largest absolute Gasteiger partial charge is 0.481 e. The summed E-state index contributed by atoms with van der Waals surface area (Å²) < 4.78 is 0. The van der Waals surface area contributed by atoms with Crippen LogP contribution in [0, 0.1) is 23.7 Å². The van der Waals surface area contributed by atoms with E-state index in [0.717, 1.165) is 42.9 Å². The molecule has 0 aromatic rings. The van der Waals surface area contributed by atoms with Gasteiger partial charge in [-0.05, 0) is 75.0 Å². The van der Waals surface area contributed by atoms with Crippen LogP contribution in [0.25, 0.3) is 0 Å². The Bertz CT molecular complexity index is 350. The predicted molar refractivity (Wildman–Crippen MR) is 84.0 cm³/mol. The Kier molecular flexibility index (Phi) is 6.75. The number of carboxylic acid groups (broad SMARTS) is 1. The zero-order chi connectivity index (χ0) is 15.1. The molecular weight excluding hydrogens is 264 g/mol. The number of carboxylic acids is 1. The molecule has 0 heterocycles. The zero-order valence-electron chi connectivity index (χ0n) is 13.0. The smallest absolute Gasteiger partial charge is 0.303 e. The Morgan fingerprint density at radius 3 is 2.52 bits per heavy atom. The van der Waals surface area contributed by atoms with Crippen molar-refractivity contribution in [3.8, 4) is 0 Å². The van der Waals surface area contributed by atoms with E-state index in [9.17, 15) is 4.79 Å². The maximum Gasteiger partial charge on any atom is 0.303 e. The fourth-order valence-electron chi connectivity index (χ4n) is 4.58. The molecule has 4 atom stereocenters. The zero-order valence-corrected chi connectivity index (χ0v) is 13.0. The van der Waals surface area contributed by atoms with Crippen LogP contribution in [0.2, 0.25) is 0 Å². The van der Waals surface area contributed by atoms with Crippen LogP contribution < -0.4 is 0 Å². The summed E-state index contributed by atoms with van der Waals surface area (Å²) in [7, 11) is 0. The van der Waals surface area contributed by atoms with Crippen LogP contribution in [0.4, 0.5) is 0 Å². The van der Waals surface area contributed by atoms with Gasteiger partial charge in [-0.1, -0.05) is 18.6 Å². The summed E-state index contributed by atoms with van der Waals surface area (Å²) in [5, 5.41) is 17.6. The highest BCUT2D eigenvalue weighted by atomic mass is 16.4. The number of unbranched alkanes of at least 4 members (excludes halogenated alkanes) is 2.